The fourth-order valence-electron chi connectivity index (χ4n) is 6.83. The van der Waals surface area contributed by atoms with Gasteiger partial charge in [-0.15, -0.1) is 0 Å². The summed E-state index contributed by atoms with van der Waals surface area (Å²) < 4.78 is 33.4. The summed E-state index contributed by atoms with van der Waals surface area (Å²) in [5.41, 5.74) is 3.92. The van der Waals surface area contributed by atoms with Crippen LogP contribution in [0.5, 0.6) is 0 Å². The highest BCUT2D eigenvalue weighted by Crippen LogP contribution is 2.50. The van der Waals surface area contributed by atoms with Crippen LogP contribution in [0.3, 0.4) is 0 Å². The molecule has 3 aliphatic rings. The van der Waals surface area contributed by atoms with Crippen LogP contribution >= 0.6 is 22.6 Å². The number of fused-ring (bicyclic) bond motifs is 3. The van der Waals surface area contributed by atoms with Gasteiger partial charge in [0.1, 0.15) is 5.57 Å². The van der Waals surface area contributed by atoms with Crippen molar-refractivity contribution in [2.45, 2.75) is 78.9 Å². The SMILES string of the molecule is CC[NH+](C(C)C)C(C)C.CN1C(=O)C(=C/C=C/C(C#N)=C2\C=CN3C(=C2)C(C)(C)c2cc(CN(CCCS(=O)(=O)[O-])C(=O)CI)ccc23)C(=O)N(C)C1=O. The summed E-state index contributed by atoms with van der Waals surface area (Å²) in [6.07, 6.45) is 9.84. The highest BCUT2D eigenvalue weighted by molar-refractivity contribution is 14.1. The normalized spacial score (nSPS) is 17.5. The number of rotatable bonds is 12. The van der Waals surface area contributed by atoms with E-state index < -0.39 is 39.1 Å². The molecule has 13 nitrogen and oxygen atoms in total. The summed E-state index contributed by atoms with van der Waals surface area (Å²) in [6, 6.07) is 8.86. The minimum Gasteiger partial charge on any atom is -0.748 e. The minimum absolute atomic E-state index is 0.0539. The Balaban J connectivity index is 0.000000772. The molecule has 1 aromatic rings. The molecule has 292 valence electrons. The van der Waals surface area contributed by atoms with E-state index in [9.17, 15) is 37.4 Å². The summed E-state index contributed by atoms with van der Waals surface area (Å²) in [5, 5.41) is 9.94. The molecule has 4 rings (SSSR count). The van der Waals surface area contributed by atoms with Gasteiger partial charge in [-0.3, -0.25) is 24.2 Å². The number of urea groups is 1. The van der Waals surface area contributed by atoms with E-state index in [0.717, 1.165) is 44.4 Å². The van der Waals surface area contributed by atoms with Crippen molar-refractivity contribution in [1.82, 2.24) is 14.7 Å². The first-order chi connectivity index (χ1) is 25.2. The summed E-state index contributed by atoms with van der Waals surface area (Å²) >= 11 is 1.96. The second kappa shape index (κ2) is 18.5. The number of hydrogen-bond acceptors (Lipinski definition) is 9. The molecule has 1 fully saturated rings. The number of nitrogens with one attached hydrogen (secondary N) is 1. The average molecular weight is 875 g/mol. The molecule has 5 amide bonds. The van der Waals surface area contributed by atoms with Crippen molar-refractivity contribution in [2.75, 3.05) is 42.3 Å². The van der Waals surface area contributed by atoms with Gasteiger partial charge in [-0.2, -0.15) is 5.26 Å². The molecule has 3 aliphatic heterocycles. The number of amides is 5. The van der Waals surface area contributed by atoms with Gasteiger partial charge in [0, 0.05) is 55.9 Å². The Bertz CT molecular complexity index is 1920. The molecule has 1 aromatic carbocycles. The smallest absolute Gasteiger partial charge is 0.333 e. The number of nitrogens with zero attached hydrogens (tertiary/aromatic N) is 5. The molecular weight excluding hydrogens is 823 g/mol. The lowest BCUT2D eigenvalue weighted by Gasteiger charge is -2.28. The average Bonchev–Trinajstić information content (AvgIpc) is 3.33. The van der Waals surface area contributed by atoms with E-state index in [1.54, 1.807) is 15.9 Å². The summed E-state index contributed by atoms with van der Waals surface area (Å²) in [4.78, 5) is 56.4. The third kappa shape index (κ3) is 10.3. The second-order valence-corrected chi connectivity index (χ2v) is 16.7. The van der Waals surface area contributed by atoms with Crippen LogP contribution in [-0.4, -0.2) is 101 Å². The molecule has 1 N–H and O–H groups in total. The van der Waals surface area contributed by atoms with E-state index in [-0.39, 0.29) is 35.4 Å². The molecule has 0 spiro atoms. The fraction of sp³-hybridized carbons (Fsp3) is 0.462. The van der Waals surface area contributed by atoms with E-state index in [2.05, 4.69) is 40.7 Å². The zero-order valence-corrected chi connectivity index (χ0v) is 35.4. The van der Waals surface area contributed by atoms with Crippen LogP contribution < -0.4 is 9.80 Å². The first-order valence-electron chi connectivity index (χ1n) is 17.8. The number of halogens is 1. The third-order valence-electron chi connectivity index (χ3n) is 9.74. The van der Waals surface area contributed by atoms with Crippen LogP contribution in [-0.2, 0) is 36.5 Å². The predicted molar refractivity (Wildman–Crippen MR) is 215 cm³/mol. The van der Waals surface area contributed by atoms with E-state index in [1.807, 2.05) is 71.8 Å². The van der Waals surface area contributed by atoms with Crippen molar-refractivity contribution in [1.29, 1.82) is 5.26 Å². The Hall–Kier alpha value is -4.11. The molecule has 54 heavy (non-hydrogen) atoms. The number of quaternary nitrogens is 1. The van der Waals surface area contributed by atoms with Crippen molar-refractivity contribution in [3.8, 4) is 6.07 Å². The Morgan fingerprint density at radius 3 is 2.20 bits per heavy atom. The lowest BCUT2D eigenvalue weighted by Crippen LogP contribution is -3.17. The molecule has 3 heterocycles. The number of nitriles is 1. The lowest BCUT2D eigenvalue weighted by molar-refractivity contribution is -0.940. The van der Waals surface area contributed by atoms with E-state index in [1.165, 1.54) is 38.9 Å². The first kappa shape index (κ1) is 44.3. The molecule has 0 unspecified atom stereocenters. The minimum atomic E-state index is -4.37. The maximum Gasteiger partial charge on any atom is 0.333 e. The Labute approximate surface area is 333 Å². The molecule has 0 aromatic heterocycles. The number of allylic oxidation sites excluding steroid dienone is 8. The number of imide groups is 2. The molecule has 1 saturated heterocycles. The van der Waals surface area contributed by atoms with Crippen LogP contribution in [0.15, 0.2) is 77.2 Å². The van der Waals surface area contributed by atoms with Crippen molar-refractivity contribution < 1.29 is 37.0 Å². The number of carbonyl (C=O) groups is 4. The van der Waals surface area contributed by atoms with Gasteiger partial charge in [0.2, 0.25) is 5.91 Å². The third-order valence-corrected chi connectivity index (χ3v) is 11.2. The Kier molecular flexibility index (Phi) is 15.2. The number of barbiturate groups is 1. The van der Waals surface area contributed by atoms with E-state index >= 15 is 0 Å². The Morgan fingerprint density at radius 2 is 1.70 bits per heavy atom. The predicted octanol–water partition coefficient (Wildman–Crippen LogP) is 3.96. The number of hydrogen-bond donors (Lipinski definition) is 1. The Morgan fingerprint density at radius 1 is 1.09 bits per heavy atom. The molecule has 0 bridgehead atoms. The number of alkyl halides is 1. The quantitative estimate of drug-likeness (QED) is 0.0818. The number of carbonyl (C=O) groups excluding carboxylic acids is 4. The van der Waals surface area contributed by atoms with Crippen molar-refractivity contribution >= 4 is 62.1 Å². The van der Waals surface area contributed by atoms with Gasteiger partial charge < -0.3 is 19.3 Å². The van der Waals surface area contributed by atoms with E-state index in [4.69, 9.17) is 0 Å². The first-order valence-corrected chi connectivity index (χ1v) is 20.9. The summed E-state index contributed by atoms with van der Waals surface area (Å²) in [5.74, 6) is -2.15. The molecule has 0 aliphatic carbocycles. The molecule has 0 atom stereocenters. The van der Waals surface area contributed by atoms with Crippen LogP contribution in [0.1, 0.15) is 66.0 Å². The van der Waals surface area contributed by atoms with Gasteiger partial charge in [-0.25, -0.2) is 13.2 Å². The molecular formula is C39H51IN6O7S. The van der Waals surface area contributed by atoms with Gasteiger partial charge in [0.05, 0.1) is 44.8 Å². The van der Waals surface area contributed by atoms with Gasteiger partial charge in [0.15, 0.2) is 0 Å². The highest BCUT2D eigenvalue weighted by atomic mass is 127. The zero-order chi connectivity index (χ0) is 40.7. The highest BCUT2D eigenvalue weighted by Gasteiger charge is 2.41. The van der Waals surface area contributed by atoms with Gasteiger partial charge in [0.25, 0.3) is 11.8 Å². The summed E-state index contributed by atoms with van der Waals surface area (Å²) in [6.45, 7) is 17.1. The van der Waals surface area contributed by atoms with Crippen LogP contribution in [0.2, 0.25) is 0 Å². The maximum atomic E-state index is 12.6. The van der Waals surface area contributed by atoms with Gasteiger partial charge in [-0.1, -0.05) is 54.6 Å². The van der Waals surface area contributed by atoms with Crippen molar-refractivity contribution in [3.05, 3.63) is 88.3 Å². The molecule has 15 heteroatoms. The zero-order valence-electron chi connectivity index (χ0n) is 32.5. The van der Waals surface area contributed by atoms with Crippen LogP contribution in [0.25, 0.3) is 0 Å². The van der Waals surface area contributed by atoms with Crippen LogP contribution in [0.4, 0.5) is 10.5 Å². The van der Waals surface area contributed by atoms with E-state index in [0.29, 0.717) is 11.1 Å². The van der Waals surface area contributed by atoms with Crippen molar-refractivity contribution in [3.63, 3.8) is 0 Å². The topological polar surface area (TPSA) is 167 Å². The number of benzene rings is 1. The fourth-order valence-corrected chi connectivity index (χ4v) is 7.80. The standard InChI is InChI=1S/C31H32IN5O7S.C8H19N/c1-31(2)24-15-20(19-36(27(38)17-32)12-6-14-45(42,43)44)9-10-25(24)37-13-11-21(16-26(31)37)22(18-33)7-5-8-23-28(39)34(3)30(41)35(4)29(23)40;1-6-9(7(2)3)8(4)5/h5,7-11,13,15-16H,6,12,14,17,19H2,1-4H3,(H,42,43,44);7-8H,6H2,1-5H3/b7-5+,22-21-;. The summed E-state index contributed by atoms with van der Waals surface area (Å²) in [7, 11) is -1.80. The van der Waals surface area contributed by atoms with Crippen molar-refractivity contribution in [2.24, 2.45) is 0 Å². The maximum absolute atomic E-state index is 12.6. The van der Waals surface area contributed by atoms with Gasteiger partial charge in [-0.05, 0) is 88.1 Å². The van der Waals surface area contributed by atoms with Gasteiger partial charge >= 0.3 is 6.03 Å². The monoisotopic (exact) mass is 874 g/mol. The lowest BCUT2D eigenvalue weighted by atomic mass is 9.82. The van der Waals surface area contributed by atoms with Crippen LogP contribution in [0, 0.1) is 11.3 Å². The number of anilines is 1. The second-order valence-electron chi connectivity index (χ2n) is 14.4. The number of likely N-dealkylation sites (N-methyl/N-ethyl adjacent to an activating group) is 2. The molecule has 0 radical (unpaired) electrons. The molecule has 0 saturated carbocycles. The largest absolute Gasteiger partial charge is 0.748 e.